The van der Waals surface area contributed by atoms with Crippen molar-refractivity contribution >= 4 is 22.9 Å². The van der Waals surface area contributed by atoms with E-state index >= 15 is 0 Å². The first-order valence-electron chi connectivity index (χ1n) is 7.76. The van der Waals surface area contributed by atoms with Crippen LogP contribution < -0.4 is 5.32 Å². The zero-order valence-electron chi connectivity index (χ0n) is 13.5. The molecule has 0 spiro atoms. The maximum Gasteiger partial charge on any atom is 0.267 e. The van der Waals surface area contributed by atoms with E-state index in [9.17, 15) is 4.79 Å². The summed E-state index contributed by atoms with van der Waals surface area (Å²) in [5, 5.41) is 3.93. The van der Waals surface area contributed by atoms with Crippen molar-refractivity contribution in [2.75, 3.05) is 31.6 Å². The Hall–Kier alpha value is -1.76. The van der Waals surface area contributed by atoms with Crippen LogP contribution in [0.4, 0.5) is 5.69 Å². The molecule has 1 aromatic heterocycles. The van der Waals surface area contributed by atoms with E-state index in [0.29, 0.717) is 4.88 Å². The third-order valence-corrected chi connectivity index (χ3v) is 4.96. The van der Waals surface area contributed by atoms with Gasteiger partial charge in [0.25, 0.3) is 5.91 Å². The molecule has 2 heterocycles. The van der Waals surface area contributed by atoms with Crippen molar-refractivity contribution in [3.05, 3.63) is 45.4 Å². The first kappa shape index (κ1) is 16.1. The molecule has 122 valence electrons. The molecule has 0 aliphatic carbocycles. The van der Waals surface area contributed by atoms with Crippen molar-refractivity contribution in [1.82, 2.24) is 9.88 Å². The summed E-state index contributed by atoms with van der Waals surface area (Å²) >= 11 is 1.48. The lowest BCUT2D eigenvalue weighted by Gasteiger charge is -2.25. The van der Waals surface area contributed by atoms with Gasteiger partial charge in [0.1, 0.15) is 9.88 Å². The standard InChI is InChI=1S/C17H21N3O2S/c1-12-3-5-14(6-4-12)19-17(21)16-13(2)18-15(23-16)11-20-7-9-22-10-8-20/h3-6H,7-11H2,1-2H3,(H,19,21). The molecule has 0 atom stereocenters. The Morgan fingerprint density at radius 3 is 2.65 bits per heavy atom. The van der Waals surface area contributed by atoms with Gasteiger partial charge in [0.05, 0.1) is 25.5 Å². The summed E-state index contributed by atoms with van der Waals surface area (Å²) in [6.45, 7) is 8.08. The fourth-order valence-corrected chi connectivity index (χ4v) is 3.51. The van der Waals surface area contributed by atoms with Gasteiger partial charge in [-0.15, -0.1) is 11.3 Å². The summed E-state index contributed by atoms with van der Waals surface area (Å²) in [5.41, 5.74) is 2.77. The fraction of sp³-hybridized carbons (Fsp3) is 0.412. The highest BCUT2D eigenvalue weighted by Gasteiger charge is 2.18. The zero-order valence-corrected chi connectivity index (χ0v) is 14.3. The lowest BCUT2D eigenvalue weighted by molar-refractivity contribution is 0.0341. The maximum atomic E-state index is 12.5. The van der Waals surface area contributed by atoms with Crippen LogP contribution >= 0.6 is 11.3 Å². The van der Waals surface area contributed by atoms with Gasteiger partial charge in [-0.25, -0.2) is 4.98 Å². The average molecular weight is 331 g/mol. The normalized spacial score (nSPS) is 15.6. The smallest absolute Gasteiger partial charge is 0.267 e. The van der Waals surface area contributed by atoms with Crippen LogP contribution in [-0.4, -0.2) is 42.1 Å². The molecule has 23 heavy (non-hydrogen) atoms. The van der Waals surface area contributed by atoms with Crippen LogP contribution in [0, 0.1) is 13.8 Å². The number of anilines is 1. The summed E-state index contributed by atoms with van der Waals surface area (Å²) in [6.07, 6.45) is 0. The van der Waals surface area contributed by atoms with Crippen molar-refractivity contribution in [1.29, 1.82) is 0 Å². The van der Waals surface area contributed by atoms with Crippen LogP contribution in [-0.2, 0) is 11.3 Å². The van der Waals surface area contributed by atoms with Crippen LogP contribution in [0.3, 0.4) is 0 Å². The number of amides is 1. The number of hydrogen-bond acceptors (Lipinski definition) is 5. The van der Waals surface area contributed by atoms with E-state index in [2.05, 4.69) is 15.2 Å². The molecule has 1 fully saturated rings. The first-order chi connectivity index (χ1) is 11.1. The third-order valence-electron chi connectivity index (χ3n) is 3.82. The minimum Gasteiger partial charge on any atom is -0.379 e. The quantitative estimate of drug-likeness (QED) is 0.936. The maximum absolute atomic E-state index is 12.5. The number of aryl methyl sites for hydroxylation is 2. The summed E-state index contributed by atoms with van der Waals surface area (Å²) in [7, 11) is 0. The van der Waals surface area contributed by atoms with Gasteiger partial charge >= 0.3 is 0 Å². The van der Waals surface area contributed by atoms with Gasteiger partial charge in [-0.05, 0) is 26.0 Å². The van der Waals surface area contributed by atoms with Crippen LogP contribution in [0.1, 0.15) is 25.9 Å². The van der Waals surface area contributed by atoms with Crippen molar-refractivity contribution < 1.29 is 9.53 Å². The first-order valence-corrected chi connectivity index (χ1v) is 8.58. The number of nitrogens with one attached hydrogen (secondary N) is 1. The zero-order chi connectivity index (χ0) is 16.2. The number of ether oxygens (including phenoxy) is 1. The average Bonchev–Trinajstić information content (AvgIpc) is 2.91. The minimum atomic E-state index is -0.0860. The van der Waals surface area contributed by atoms with Crippen molar-refractivity contribution in [2.24, 2.45) is 0 Å². The number of nitrogens with zero attached hydrogens (tertiary/aromatic N) is 2. The number of thiazole rings is 1. The molecule has 1 aliphatic heterocycles. The molecule has 5 nitrogen and oxygen atoms in total. The number of carbonyl (C=O) groups excluding carboxylic acids is 1. The Morgan fingerprint density at radius 2 is 1.96 bits per heavy atom. The van der Waals surface area contributed by atoms with Crippen molar-refractivity contribution in [2.45, 2.75) is 20.4 Å². The minimum absolute atomic E-state index is 0.0860. The second kappa shape index (κ2) is 7.21. The molecular formula is C17H21N3O2S. The van der Waals surface area contributed by atoms with E-state index in [-0.39, 0.29) is 5.91 Å². The van der Waals surface area contributed by atoms with Crippen LogP contribution in [0.15, 0.2) is 24.3 Å². The SMILES string of the molecule is Cc1ccc(NC(=O)c2sc(CN3CCOCC3)nc2C)cc1. The van der Waals surface area contributed by atoms with Gasteiger partial charge in [-0.1, -0.05) is 17.7 Å². The lowest BCUT2D eigenvalue weighted by atomic mass is 10.2. The summed E-state index contributed by atoms with van der Waals surface area (Å²) in [6, 6.07) is 7.80. The number of rotatable bonds is 4. The Balaban J connectivity index is 1.67. The molecule has 0 unspecified atom stereocenters. The largest absolute Gasteiger partial charge is 0.379 e. The topological polar surface area (TPSA) is 54.5 Å². The molecule has 0 radical (unpaired) electrons. The Labute approximate surface area is 140 Å². The highest BCUT2D eigenvalue weighted by molar-refractivity contribution is 7.13. The Morgan fingerprint density at radius 1 is 1.26 bits per heavy atom. The number of morpholine rings is 1. The van der Waals surface area contributed by atoms with E-state index in [1.807, 2.05) is 38.1 Å². The van der Waals surface area contributed by atoms with Gasteiger partial charge in [0, 0.05) is 18.8 Å². The van der Waals surface area contributed by atoms with Crippen molar-refractivity contribution in [3.8, 4) is 0 Å². The lowest BCUT2D eigenvalue weighted by Crippen LogP contribution is -2.35. The molecule has 0 bridgehead atoms. The number of carbonyl (C=O) groups is 1. The predicted molar refractivity (Wildman–Crippen MR) is 92.1 cm³/mol. The number of benzene rings is 1. The molecule has 0 saturated carbocycles. The monoisotopic (exact) mass is 331 g/mol. The molecule has 1 N–H and O–H groups in total. The molecule has 1 aromatic carbocycles. The Kier molecular flexibility index (Phi) is 5.05. The van der Waals surface area contributed by atoms with Gasteiger partial charge in [0.2, 0.25) is 0 Å². The number of aromatic nitrogens is 1. The van der Waals surface area contributed by atoms with Gasteiger partial charge in [-0.2, -0.15) is 0 Å². The third kappa shape index (κ3) is 4.16. The molecular weight excluding hydrogens is 310 g/mol. The van der Waals surface area contributed by atoms with Crippen LogP contribution in [0.2, 0.25) is 0 Å². The fourth-order valence-electron chi connectivity index (χ4n) is 2.51. The highest BCUT2D eigenvalue weighted by Crippen LogP contribution is 2.21. The van der Waals surface area contributed by atoms with Crippen LogP contribution in [0.5, 0.6) is 0 Å². The second-order valence-corrected chi connectivity index (χ2v) is 6.81. The second-order valence-electron chi connectivity index (χ2n) is 5.73. The molecule has 1 amide bonds. The van der Waals surface area contributed by atoms with Gasteiger partial charge in [-0.3, -0.25) is 9.69 Å². The van der Waals surface area contributed by atoms with E-state index in [0.717, 1.165) is 49.2 Å². The molecule has 6 heteroatoms. The van der Waals surface area contributed by atoms with E-state index in [1.165, 1.54) is 16.9 Å². The van der Waals surface area contributed by atoms with Crippen LogP contribution in [0.25, 0.3) is 0 Å². The molecule has 1 saturated heterocycles. The van der Waals surface area contributed by atoms with E-state index < -0.39 is 0 Å². The predicted octanol–water partition coefficient (Wildman–Crippen LogP) is 2.84. The molecule has 2 aromatic rings. The Bertz CT molecular complexity index is 676. The summed E-state index contributed by atoms with van der Waals surface area (Å²) < 4.78 is 5.36. The highest BCUT2D eigenvalue weighted by atomic mass is 32.1. The molecule has 1 aliphatic rings. The van der Waals surface area contributed by atoms with Crippen molar-refractivity contribution in [3.63, 3.8) is 0 Å². The van der Waals surface area contributed by atoms with E-state index in [4.69, 9.17) is 4.74 Å². The summed E-state index contributed by atoms with van der Waals surface area (Å²) in [5.74, 6) is -0.0860. The number of hydrogen-bond donors (Lipinski definition) is 1. The van der Waals surface area contributed by atoms with E-state index in [1.54, 1.807) is 0 Å². The van der Waals surface area contributed by atoms with Gasteiger partial charge < -0.3 is 10.1 Å². The molecule has 3 rings (SSSR count). The van der Waals surface area contributed by atoms with Gasteiger partial charge in [0.15, 0.2) is 0 Å². The summed E-state index contributed by atoms with van der Waals surface area (Å²) in [4.78, 5) is 20.0.